The molecule has 2 atom stereocenters. The van der Waals surface area contributed by atoms with Crippen molar-refractivity contribution in [1.82, 2.24) is 20.1 Å². The van der Waals surface area contributed by atoms with Crippen LogP contribution in [-0.4, -0.2) is 50.3 Å². The van der Waals surface area contributed by atoms with Crippen LogP contribution >= 0.6 is 0 Å². The minimum atomic E-state index is -0.469. The molecule has 1 fully saturated rings. The molecule has 0 spiro atoms. The third-order valence-corrected chi connectivity index (χ3v) is 3.91. The maximum atomic E-state index is 12.2. The van der Waals surface area contributed by atoms with E-state index in [2.05, 4.69) is 15.2 Å². The smallest absolute Gasteiger partial charge is 0.228 e. The molecular weight excluding hydrogens is 268 g/mol. The highest BCUT2D eigenvalue weighted by Crippen LogP contribution is 2.22. The first kappa shape index (κ1) is 13.8. The second-order valence-corrected chi connectivity index (χ2v) is 5.44. The number of hydrogen-bond donors (Lipinski definition) is 2. The SMILES string of the molecule is O=C(Cc1ccn[nH]1)N1C[C@@H](Cc2ccncc2)[C@@H](O)C1. The minimum absolute atomic E-state index is 0.0236. The molecular formula is C15H18N4O2. The van der Waals surface area contributed by atoms with Gasteiger partial charge in [-0.25, -0.2) is 0 Å². The molecule has 0 aliphatic carbocycles. The number of carbonyl (C=O) groups excluding carboxylic acids is 1. The molecule has 0 unspecified atom stereocenters. The van der Waals surface area contributed by atoms with Gasteiger partial charge >= 0.3 is 0 Å². The van der Waals surface area contributed by atoms with Crippen molar-refractivity contribution in [3.05, 3.63) is 48.0 Å². The van der Waals surface area contributed by atoms with Crippen molar-refractivity contribution in [2.24, 2.45) is 5.92 Å². The first-order valence-corrected chi connectivity index (χ1v) is 7.05. The first-order valence-electron chi connectivity index (χ1n) is 7.05. The second kappa shape index (κ2) is 6.05. The summed E-state index contributed by atoms with van der Waals surface area (Å²) in [5.74, 6) is 0.105. The van der Waals surface area contributed by atoms with Gasteiger partial charge in [0.15, 0.2) is 0 Å². The Balaban J connectivity index is 1.59. The third kappa shape index (κ3) is 3.28. The summed E-state index contributed by atoms with van der Waals surface area (Å²) in [4.78, 5) is 17.9. The van der Waals surface area contributed by atoms with Crippen molar-refractivity contribution in [3.8, 4) is 0 Å². The van der Waals surface area contributed by atoms with Crippen molar-refractivity contribution >= 4 is 5.91 Å². The fourth-order valence-electron chi connectivity index (χ4n) is 2.74. The molecule has 110 valence electrons. The number of aliphatic hydroxyl groups is 1. The lowest BCUT2D eigenvalue weighted by atomic mass is 9.97. The molecule has 1 saturated heterocycles. The molecule has 3 heterocycles. The van der Waals surface area contributed by atoms with Gasteiger partial charge in [-0.05, 0) is 30.2 Å². The molecule has 6 nitrogen and oxygen atoms in total. The number of β-amino-alcohol motifs (C(OH)–C–C–N with tert-alkyl or cyclic N) is 1. The lowest BCUT2D eigenvalue weighted by molar-refractivity contribution is -0.129. The average Bonchev–Trinajstić information content (AvgIpc) is 3.11. The molecule has 2 aromatic rings. The van der Waals surface area contributed by atoms with Crippen LogP contribution in [-0.2, 0) is 17.6 Å². The number of aliphatic hydroxyl groups excluding tert-OH is 1. The van der Waals surface area contributed by atoms with Crippen molar-refractivity contribution < 1.29 is 9.90 Å². The third-order valence-electron chi connectivity index (χ3n) is 3.91. The van der Waals surface area contributed by atoms with Gasteiger partial charge < -0.3 is 10.0 Å². The van der Waals surface area contributed by atoms with E-state index in [1.54, 1.807) is 29.6 Å². The molecule has 2 N–H and O–H groups in total. The Bertz CT molecular complexity index is 585. The Kier molecular flexibility index (Phi) is 3.96. The number of hydrogen-bond acceptors (Lipinski definition) is 4. The Morgan fingerprint density at radius 3 is 2.81 bits per heavy atom. The summed E-state index contributed by atoms with van der Waals surface area (Å²) in [6.45, 7) is 0.999. The van der Waals surface area contributed by atoms with Crippen LogP contribution in [0.1, 0.15) is 11.3 Å². The number of nitrogens with zero attached hydrogens (tertiary/aromatic N) is 3. The fraction of sp³-hybridized carbons (Fsp3) is 0.400. The Morgan fingerprint density at radius 2 is 2.10 bits per heavy atom. The van der Waals surface area contributed by atoms with Gasteiger partial charge in [0, 0.05) is 43.3 Å². The predicted molar refractivity (Wildman–Crippen MR) is 76.3 cm³/mol. The predicted octanol–water partition coefficient (Wildman–Crippen LogP) is 0.409. The summed E-state index contributed by atoms with van der Waals surface area (Å²) < 4.78 is 0. The number of pyridine rings is 1. The molecule has 0 bridgehead atoms. The Morgan fingerprint density at radius 1 is 1.29 bits per heavy atom. The van der Waals surface area contributed by atoms with E-state index in [0.29, 0.717) is 19.5 Å². The normalized spacial score (nSPS) is 21.7. The van der Waals surface area contributed by atoms with Gasteiger partial charge in [0.2, 0.25) is 5.91 Å². The molecule has 1 aliphatic heterocycles. The highest BCUT2D eigenvalue weighted by atomic mass is 16.3. The van der Waals surface area contributed by atoms with Crippen LogP contribution in [0.2, 0.25) is 0 Å². The number of carbonyl (C=O) groups is 1. The van der Waals surface area contributed by atoms with Crippen molar-refractivity contribution in [3.63, 3.8) is 0 Å². The van der Waals surface area contributed by atoms with Gasteiger partial charge in [-0.1, -0.05) is 0 Å². The first-order chi connectivity index (χ1) is 10.2. The summed E-state index contributed by atoms with van der Waals surface area (Å²) in [5, 5.41) is 16.8. The molecule has 21 heavy (non-hydrogen) atoms. The van der Waals surface area contributed by atoms with E-state index >= 15 is 0 Å². The zero-order valence-electron chi connectivity index (χ0n) is 11.6. The standard InChI is InChI=1S/C15H18N4O2/c20-14-10-19(15(21)8-13-3-6-17-18-13)9-12(14)7-11-1-4-16-5-2-11/h1-6,12,14,20H,7-10H2,(H,17,18)/t12-,14+/m1/s1. The lowest BCUT2D eigenvalue weighted by Gasteiger charge is -2.15. The zero-order chi connectivity index (χ0) is 14.7. The monoisotopic (exact) mass is 286 g/mol. The van der Waals surface area contributed by atoms with E-state index < -0.39 is 6.10 Å². The van der Waals surface area contributed by atoms with Crippen molar-refractivity contribution in [1.29, 1.82) is 0 Å². The van der Waals surface area contributed by atoms with Crippen LogP contribution < -0.4 is 0 Å². The maximum Gasteiger partial charge on any atom is 0.228 e. The largest absolute Gasteiger partial charge is 0.391 e. The van der Waals surface area contributed by atoms with E-state index in [0.717, 1.165) is 17.7 Å². The highest BCUT2D eigenvalue weighted by molar-refractivity contribution is 5.78. The molecule has 0 aromatic carbocycles. The maximum absolute atomic E-state index is 12.2. The quantitative estimate of drug-likeness (QED) is 0.853. The number of nitrogens with one attached hydrogen (secondary N) is 1. The summed E-state index contributed by atoms with van der Waals surface area (Å²) in [6.07, 6.45) is 5.72. The van der Waals surface area contributed by atoms with Crippen LogP contribution in [0.25, 0.3) is 0 Å². The van der Waals surface area contributed by atoms with Gasteiger partial charge in [-0.2, -0.15) is 5.10 Å². The van der Waals surface area contributed by atoms with Gasteiger partial charge in [-0.15, -0.1) is 0 Å². The van der Waals surface area contributed by atoms with Gasteiger partial charge in [0.25, 0.3) is 0 Å². The molecule has 3 rings (SSSR count). The van der Waals surface area contributed by atoms with E-state index in [1.807, 2.05) is 12.1 Å². The molecule has 6 heteroatoms. The van der Waals surface area contributed by atoms with Crippen LogP contribution in [0.4, 0.5) is 0 Å². The fourth-order valence-corrected chi connectivity index (χ4v) is 2.74. The summed E-state index contributed by atoms with van der Waals surface area (Å²) in [7, 11) is 0. The molecule has 1 aliphatic rings. The number of likely N-dealkylation sites (tertiary alicyclic amines) is 1. The van der Waals surface area contributed by atoms with Crippen LogP contribution in [0.5, 0.6) is 0 Å². The van der Waals surface area contributed by atoms with E-state index in [9.17, 15) is 9.90 Å². The summed E-state index contributed by atoms with van der Waals surface area (Å²) in [5.41, 5.74) is 1.93. The average molecular weight is 286 g/mol. The van der Waals surface area contributed by atoms with E-state index in [-0.39, 0.29) is 11.8 Å². The second-order valence-electron chi connectivity index (χ2n) is 5.44. The number of H-pyrrole nitrogens is 1. The number of rotatable bonds is 4. The van der Waals surface area contributed by atoms with Crippen LogP contribution in [0.3, 0.4) is 0 Å². The summed E-state index contributed by atoms with van der Waals surface area (Å²) in [6, 6.07) is 5.68. The molecule has 0 saturated carbocycles. The zero-order valence-corrected chi connectivity index (χ0v) is 11.6. The molecule has 1 amide bonds. The lowest BCUT2D eigenvalue weighted by Crippen LogP contribution is -2.31. The van der Waals surface area contributed by atoms with Gasteiger partial charge in [0.05, 0.1) is 12.5 Å². The number of amides is 1. The number of aromatic amines is 1. The van der Waals surface area contributed by atoms with Gasteiger partial charge in [-0.3, -0.25) is 14.9 Å². The van der Waals surface area contributed by atoms with E-state index in [4.69, 9.17) is 0 Å². The van der Waals surface area contributed by atoms with Crippen LogP contribution in [0, 0.1) is 5.92 Å². The summed E-state index contributed by atoms with van der Waals surface area (Å²) >= 11 is 0. The van der Waals surface area contributed by atoms with Crippen molar-refractivity contribution in [2.75, 3.05) is 13.1 Å². The molecule has 2 aromatic heterocycles. The van der Waals surface area contributed by atoms with Crippen LogP contribution in [0.15, 0.2) is 36.8 Å². The van der Waals surface area contributed by atoms with E-state index in [1.165, 1.54) is 0 Å². The number of aromatic nitrogens is 3. The Labute approximate surface area is 122 Å². The van der Waals surface area contributed by atoms with Crippen molar-refractivity contribution in [2.45, 2.75) is 18.9 Å². The topological polar surface area (TPSA) is 82.1 Å². The Hall–Kier alpha value is -2.21. The van der Waals surface area contributed by atoms with Gasteiger partial charge in [0.1, 0.15) is 0 Å². The minimum Gasteiger partial charge on any atom is -0.391 e. The highest BCUT2D eigenvalue weighted by Gasteiger charge is 2.33. The molecule has 0 radical (unpaired) electrons.